The van der Waals surface area contributed by atoms with Crippen LogP contribution >= 0.6 is 11.3 Å². The molecule has 0 bridgehead atoms. The fourth-order valence-corrected chi connectivity index (χ4v) is 4.82. The zero-order valence-electron chi connectivity index (χ0n) is 18.3. The number of para-hydroxylation sites is 1. The normalized spacial score (nSPS) is 11.1. The van der Waals surface area contributed by atoms with Crippen molar-refractivity contribution in [1.29, 1.82) is 0 Å². The van der Waals surface area contributed by atoms with Crippen LogP contribution in [0.3, 0.4) is 0 Å². The number of rotatable bonds is 7. The number of benzene rings is 3. The number of carbonyl (C=O) groups is 1. The third kappa shape index (κ3) is 4.56. The molecule has 1 amide bonds. The molecule has 0 atom stereocenters. The van der Waals surface area contributed by atoms with Gasteiger partial charge < -0.3 is 4.74 Å². The Hall–Kier alpha value is -3.77. The SMILES string of the molecule is CCc1cccc2sc(N(Cc3ccccn3)C(=O)COc3ccc4ccccc4c3)nc12. The number of pyridine rings is 1. The quantitative estimate of drug-likeness (QED) is 0.302. The molecule has 0 saturated heterocycles. The number of amides is 1. The first-order valence-electron chi connectivity index (χ1n) is 10.9. The highest BCUT2D eigenvalue weighted by Crippen LogP contribution is 2.32. The summed E-state index contributed by atoms with van der Waals surface area (Å²) in [5, 5.41) is 2.86. The van der Waals surface area contributed by atoms with Gasteiger partial charge >= 0.3 is 0 Å². The first-order valence-corrected chi connectivity index (χ1v) is 11.7. The minimum Gasteiger partial charge on any atom is -0.484 e. The zero-order chi connectivity index (χ0) is 22.6. The van der Waals surface area contributed by atoms with Gasteiger partial charge in [0.05, 0.1) is 22.5 Å². The summed E-state index contributed by atoms with van der Waals surface area (Å²) in [5.41, 5.74) is 2.92. The second-order valence-electron chi connectivity index (χ2n) is 7.71. The Balaban J connectivity index is 1.42. The Morgan fingerprint density at radius 1 is 0.970 bits per heavy atom. The van der Waals surface area contributed by atoms with Gasteiger partial charge in [-0.25, -0.2) is 4.98 Å². The van der Waals surface area contributed by atoms with Gasteiger partial charge in [-0.2, -0.15) is 0 Å². The number of hydrogen-bond acceptors (Lipinski definition) is 5. The predicted molar refractivity (Wildman–Crippen MR) is 134 cm³/mol. The van der Waals surface area contributed by atoms with E-state index in [0.717, 1.165) is 33.1 Å². The van der Waals surface area contributed by atoms with Gasteiger partial charge in [0.1, 0.15) is 5.75 Å². The van der Waals surface area contributed by atoms with E-state index in [-0.39, 0.29) is 12.5 Å². The Morgan fingerprint density at radius 3 is 2.64 bits per heavy atom. The summed E-state index contributed by atoms with van der Waals surface area (Å²) < 4.78 is 6.97. The molecule has 0 radical (unpaired) electrons. The van der Waals surface area contributed by atoms with E-state index in [2.05, 4.69) is 24.0 Å². The maximum absolute atomic E-state index is 13.4. The third-order valence-electron chi connectivity index (χ3n) is 5.53. The summed E-state index contributed by atoms with van der Waals surface area (Å²) >= 11 is 1.52. The fourth-order valence-electron chi connectivity index (χ4n) is 3.79. The van der Waals surface area contributed by atoms with Crippen molar-refractivity contribution in [2.45, 2.75) is 19.9 Å². The second kappa shape index (κ2) is 9.38. The number of carbonyl (C=O) groups excluding carboxylic acids is 1. The molecule has 0 aliphatic rings. The molecule has 6 heteroatoms. The zero-order valence-corrected chi connectivity index (χ0v) is 19.1. The molecule has 2 aromatic heterocycles. The van der Waals surface area contributed by atoms with Crippen molar-refractivity contribution in [2.75, 3.05) is 11.5 Å². The van der Waals surface area contributed by atoms with E-state index in [1.54, 1.807) is 11.1 Å². The molecular weight excluding hydrogens is 430 g/mol. The summed E-state index contributed by atoms with van der Waals surface area (Å²) in [4.78, 5) is 24.3. The maximum atomic E-state index is 13.4. The Kier molecular flexibility index (Phi) is 6.00. The minimum absolute atomic E-state index is 0.0816. The minimum atomic E-state index is -0.161. The van der Waals surface area contributed by atoms with Crippen LogP contribution in [-0.4, -0.2) is 22.5 Å². The summed E-state index contributed by atoms with van der Waals surface area (Å²) in [6, 6.07) is 25.8. The van der Waals surface area contributed by atoms with Crippen LogP contribution in [-0.2, 0) is 17.8 Å². The smallest absolute Gasteiger partial charge is 0.267 e. The summed E-state index contributed by atoms with van der Waals surface area (Å²) in [6.45, 7) is 2.37. The first kappa shape index (κ1) is 21.1. The molecule has 0 spiro atoms. The lowest BCUT2D eigenvalue weighted by atomic mass is 10.1. The molecule has 5 rings (SSSR count). The molecule has 5 aromatic rings. The average molecular weight is 454 g/mol. The Bertz CT molecular complexity index is 1420. The largest absolute Gasteiger partial charge is 0.484 e. The van der Waals surface area contributed by atoms with E-state index in [0.29, 0.717) is 17.4 Å². The van der Waals surface area contributed by atoms with Crippen LogP contribution in [0.4, 0.5) is 5.13 Å². The second-order valence-corrected chi connectivity index (χ2v) is 8.72. The van der Waals surface area contributed by atoms with E-state index in [4.69, 9.17) is 9.72 Å². The predicted octanol–water partition coefficient (Wildman–Crippen LogP) is 6.02. The van der Waals surface area contributed by atoms with Gasteiger partial charge in [-0.05, 0) is 53.1 Å². The molecular formula is C27H23N3O2S. The summed E-state index contributed by atoms with van der Waals surface area (Å²) in [5.74, 6) is 0.503. The van der Waals surface area contributed by atoms with Crippen LogP contribution in [0.5, 0.6) is 5.75 Å². The molecule has 2 heterocycles. The summed E-state index contributed by atoms with van der Waals surface area (Å²) in [6.07, 6.45) is 2.62. The highest BCUT2D eigenvalue weighted by atomic mass is 32.1. The van der Waals surface area contributed by atoms with Crippen LogP contribution in [0.25, 0.3) is 21.0 Å². The van der Waals surface area contributed by atoms with Gasteiger partial charge in [0.2, 0.25) is 0 Å². The Morgan fingerprint density at radius 2 is 1.82 bits per heavy atom. The van der Waals surface area contributed by atoms with Gasteiger partial charge in [0.15, 0.2) is 11.7 Å². The molecule has 5 nitrogen and oxygen atoms in total. The van der Waals surface area contributed by atoms with Crippen molar-refractivity contribution in [3.8, 4) is 5.75 Å². The van der Waals surface area contributed by atoms with Gasteiger partial charge in [0.25, 0.3) is 5.91 Å². The van der Waals surface area contributed by atoms with Crippen molar-refractivity contribution >= 4 is 43.4 Å². The third-order valence-corrected chi connectivity index (χ3v) is 6.58. The number of thiazole rings is 1. The average Bonchev–Trinajstić information content (AvgIpc) is 3.30. The molecule has 0 N–H and O–H groups in total. The molecule has 0 fully saturated rings. The summed E-state index contributed by atoms with van der Waals surface area (Å²) in [7, 11) is 0. The lowest BCUT2D eigenvalue weighted by Crippen LogP contribution is -2.34. The van der Waals surface area contributed by atoms with Crippen molar-refractivity contribution in [2.24, 2.45) is 0 Å². The van der Waals surface area contributed by atoms with Crippen molar-refractivity contribution in [1.82, 2.24) is 9.97 Å². The molecule has 0 aliphatic carbocycles. The Labute approximate surface area is 196 Å². The number of anilines is 1. The lowest BCUT2D eigenvalue weighted by molar-refractivity contribution is -0.120. The van der Waals surface area contributed by atoms with Crippen LogP contribution in [0.2, 0.25) is 0 Å². The van der Waals surface area contributed by atoms with E-state index in [1.807, 2.05) is 66.7 Å². The van der Waals surface area contributed by atoms with E-state index < -0.39 is 0 Å². The van der Waals surface area contributed by atoms with Gasteiger partial charge in [-0.3, -0.25) is 14.7 Å². The fraction of sp³-hybridized carbons (Fsp3) is 0.148. The van der Waals surface area contributed by atoms with Crippen molar-refractivity contribution < 1.29 is 9.53 Å². The molecule has 0 saturated carbocycles. The topological polar surface area (TPSA) is 55.3 Å². The van der Waals surface area contributed by atoms with Crippen LogP contribution in [0, 0.1) is 0 Å². The molecule has 0 unspecified atom stereocenters. The van der Waals surface area contributed by atoms with E-state index in [9.17, 15) is 4.79 Å². The number of aryl methyl sites for hydroxylation is 1. The number of aromatic nitrogens is 2. The van der Waals surface area contributed by atoms with E-state index in [1.165, 1.54) is 16.9 Å². The van der Waals surface area contributed by atoms with Crippen molar-refractivity contribution in [3.05, 3.63) is 96.3 Å². The maximum Gasteiger partial charge on any atom is 0.267 e. The highest BCUT2D eigenvalue weighted by molar-refractivity contribution is 7.22. The first-order chi connectivity index (χ1) is 16.2. The van der Waals surface area contributed by atoms with Crippen LogP contribution in [0.1, 0.15) is 18.2 Å². The standard InChI is InChI=1S/C27H23N3O2S/c1-2-19-10-7-12-24-26(19)29-27(33-24)30(17-22-11-5-6-15-28-22)25(31)18-32-23-14-13-20-8-3-4-9-21(20)16-23/h3-16H,2,17-18H2,1H3. The number of ether oxygens (including phenoxy) is 1. The van der Waals surface area contributed by atoms with Crippen LogP contribution < -0.4 is 9.64 Å². The number of nitrogens with zero attached hydrogens (tertiary/aromatic N) is 3. The van der Waals surface area contributed by atoms with Crippen LogP contribution in [0.15, 0.2) is 85.1 Å². The van der Waals surface area contributed by atoms with E-state index >= 15 is 0 Å². The van der Waals surface area contributed by atoms with Gasteiger partial charge in [0, 0.05) is 6.20 Å². The monoisotopic (exact) mass is 453 g/mol. The number of hydrogen-bond donors (Lipinski definition) is 0. The van der Waals surface area contributed by atoms with Gasteiger partial charge in [-0.1, -0.05) is 66.8 Å². The lowest BCUT2D eigenvalue weighted by Gasteiger charge is -2.20. The van der Waals surface area contributed by atoms with Crippen molar-refractivity contribution in [3.63, 3.8) is 0 Å². The number of fused-ring (bicyclic) bond motifs is 2. The molecule has 3 aromatic carbocycles. The molecule has 33 heavy (non-hydrogen) atoms. The molecule has 0 aliphatic heterocycles. The van der Waals surface area contributed by atoms with Gasteiger partial charge in [-0.15, -0.1) is 0 Å². The molecule has 164 valence electrons. The highest BCUT2D eigenvalue weighted by Gasteiger charge is 2.22.